The largest absolute Gasteiger partial charge is 0.420 e. The first-order valence-corrected chi connectivity index (χ1v) is 9.54. The minimum Gasteiger partial charge on any atom is -0.420 e. The van der Waals surface area contributed by atoms with E-state index < -0.39 is 0 Å². The molecule has 1 amide bonds. The molecule has 0 spiro atoms. The Balaban J connectivity index is 1.39. The van der Waals surface area contributed by atoms with Gasteiger partial charge in [-0.2, -0.15) is 0 Å². The van der Waals surface area contributed by atoms with Crippen molar-refractivity contribution in [2.75, 3.05) is 19.6 Å². The zero-order valence-electron chi connectivity index (χ0n) is 12.9. The Morgan fingerprint density at radius 1 is 1.35 bits per heavy atom. The van der Waals surface area contributed by atoms with Gasteiger partial charge in [0.05, 0.1) is 4.88 Å². The number of carbonyl (C=O) groups is 1. The Kier molecular flexibility index (Phi) is 4.09. The van der Waals surface area contributed by atoms with Crippen molar-refractivity contribution >= 4 is 28.6 Å². The number of hydrogen-bond acceptors (Lipinski definition) is 6. The number of rotatable bonds is 4. The Morgan fingerprint density at radius 2 is 2.17 bits per heavy atom. The van der Waals surface area contributed by atoms with Crippen LogP contribution in [0.2, 0.25) is 0 Å². The summed E-state index contributed by atoms with van der Waals surface area (Å²) in [6.45, 7) is 5.35. The maximum atomic E-state index is 12.5. The third-order valence-corrected chi connectivity index (χ3v) is 6.32. The molecule has 3 fully saturated rings. The van der Waals surface area contributed by atoms with Crippen molar-refractivity contribution in [1.29, 1.82) is 0 Å². The predicted octanol–water partition coefficient (Wildman–Crippen LogP) is 3.13. The van der Waals surface area contributed by atoms with Crippen LogP contribution in [0.5, 0.6) is 10.3 Å². The molecular weight excluding hydrogens is 330 g/mol. The second-order valence-electron chi connectivity index (χ2n) is 6.18. The molecular formula is C16H19N3O2S2. The zero-order chi connectivity index (χ0) is 15.8. The molecule has 2 bridgehead atoms. The molecule has 5 heterocycles. The highest BCUT2D eigenvalue weighted by molar-refractivity contribution is 7.16. The summed E-state index contributed by atoms with van der Waals surface area (Å²) in [5, 5.41) is 4.54. The Bertz CT molecular complexity index is 704. The summed E-state index contributed by atoms with van der Waals surface area (Å²) >= 11 is 2.88. The minimum atomic E-state index is 0.0129. The molecule has 3 aliphatic rings. The summed E-state index contributed by atoms with van der Waals surface area (Å²) in [6, 6.07) is 3.96. The van der Waals surface area contributed by atoms with Gasteiger partial charge in [-0.15, -0.1) is 0 Å². The van der Waals surface area contributed by atoms with Crippen LogP contribution < -0.4 is 10.1 Å². The summed E-state index contributed by atoms with van der Waals surface area (Å²) in [6.07, 6.45) is 4.19. The number of amides is 1. The highest BCUT2D eigenvalue weighted by atomic mass is 32.1. The van der Waals surface area contributed by atoms with Crippen LogP contribution in [0, 0.1) is 12.8 Å². The van der Waals surface area contributed by atoms with Crippen LogP contribution in [0.25, 0.3) is 0 Å². The molecule has 1 unspecified atom stereocenters. The van der Waals surface area contributed by atoms with Crippen molar-refractivity contribution in [1.82, 2.24) is 15.2 Å². The van der Waals surface area contributed by atoms with Crippen LogP contribution in [0.3, 0.4) is 0 Å². The number of ether oxygens (including phenoxy) is 1. The number of fused-ring (bicyclic) bond motifs is 3. The van der Waals surface area contributed by atoms with E-state index in [9.17, 15) is 4.79 Å². The first-order valence-electron chi connectivity index (χ1n) is 7.91. The number of carbonyl (C=O) groups excluding carboxylic acids is 1. The minimum absolute atomic E-state index is 0.0129. The van der Waals surface area contributed by atoms with Crippen LogP contribution >= 0.6 is 22.7 Å². The number of thiazole rings is 1. The van der Waals surface area contributed by atoms with Gasteiger partial charge in [-0.25, -0.2) is 4.98 Å². The molecule has 3 saturated heterocycles. The van der Waals surface area contributed by atoms with E-state index in [2.05, 4.69) is 15.2 Å². The summed E-state index contributed by atoms with van der Waals surface area (Å²) in [4.78, 5) is 20.9. The van der Waals surface area contributed by atoms with E-state index in [1.807, 2.05) is 19.1 Å². The summed E-state index contributed by atoms with van der Waals surface area (Å²) < 4.78 is 5.71. The maximum absolute atomic E-state index is 12.5. The second-order valence-corrected chi connectivity index (χ2v) is 8.42. The average molecular weight is 349 g/mol. The first kappa shape index (κ1) is 15.1. The lowest BCUT2D eigenvalue weighted by atomic mass is 9.84. The van der Waals surface area contributed by atoms with Gasteiger partial charge in [0, 0.05) is 23.7 Å². The molecule has 5 nitrogen and oxygen atoms in total. The first-order chi connectivity index (χ1) is 11.2. The van der Waals surface area contributed by atoms with Crippen LogP contribution in [0.4, 0.5) is 0 Å². The van der Waals surface area contributed by atoms with Gasteiger partial charge in [0.1, 0.15) is 0 Å². The van der Waals surface area contributed by atoms with Gasteiger partial charge in [0.2, 0.25) is 0 Å². The quantitative estimate of drug-likeness (QED) is 0.921. The van der Waals surface area contributed by atoms with Crippen LogP contribution in [0.15, 0.2) is 18.3 Å². The normalized spacial score (nSPS) is 26.2. The fourth-order valence-electron chi connectivity index (χ4n) is 3.33. The smallest absolute Gasteiger partial charge is 0.279 e. The van der Waals surface area contributed by atoms with Gasteiger partial charge in [-0.3, -0.25) is 4.79 Å². The van der Waals surface area contributed by atoms with E-state index in [4.69, 9.17) is 4.74 Å². The van der Waals surface area contributed by atoms with Crippen molar-refractivity contribution in [2.45, 2.75) is 25.8 Å². The highest BCUT2D eigenvalue weighted by Gasteiger charge is 2.35. The molecule has 1 atom stereocenters. The SMILES string of the molecule is Cc1cnc(Oc2ccc(C(=O)NC3CN4CCC3CC4)s2)s1. The van der Waals surface area contributed by atoms with Crippen molar-refractivity contribution in [3.8, 4) is 10.3 Å². The van der Waals surface area contributed by atoms with Gasteiger partial charge < -0.3 is 15.0 Å². The molecule has 7 heteroatoms. The van der Waals surface area contributed by atoms with Crippen molar-refractivity contribution in [3.63, 3.8) is 0 Å². The summed E-state index contributed by atoms with van der Waals surface area (Å²) in [5.41, 5.74) is 0. The molecule has 3 aliphatic heterocycles. The summed E-state index contributed by atoms with van der Waals surface area (Å²) in [7, 11) is 0. The third-order valence-electron chi connectivity index (χ3n) is 4.57. The number of thiophene rings is 1. The monoisotopic (exact) mass is 349 g/mol. The number of hydrogen-bond donors (Lipinski definition) is 1. The topological polar surface area (TPSA) is 54.5 Å². The van der Waals surface area contributed by atoms with E-state index in [1.165, 1.54) is 48.6 Å². The van der Waals surface area contributed by atoms with Crippen LogP contribution in [0.1, 0.15) is 27.4 Å². The van der Waals surface area contributed by atoms with E-state index in [-0.39, 0.29) is 11.9 Å². The van der Waals surface area contributed by atoms with E-state index >= 15 is 0 Å². The molecule has 1 N–H and O–H groups in total. The van der Waals surface area contributed by atoms with E-state index in [0.29, 0.717) is 21.1 Å². The fraction of sp³-hybridized carbons (Fsp3) is 0.500. The van der Waals surface area contributed by atoms with Crippen molar-refractivity contribution in [3.05, 3.63) is 28.1 Å². The van der Waals surface area contributed by atoms with Gasteiger partial charge in [0.15, 0.2) is 5.06 Å². The van der Waals surface area contributed by atoms with Gasteiger partial charge in [0.25, 0.3) is 11.1 Å². The number of nitrogens with zero attached hydrogens (tertiary/aromatic N) is 2. The number of aryl methyl sites for hydroxylation is 1. The molecule has 0 aliphatic carbocycles. The van der Waals surface area contributed by atoms with Crippen molar-refractivity contribution in [2.24, 2.45) is 5.92 Å². The van der Waals surface area contributed by atoms with E-state index in [1.54, 1.807) is 6.20 Å². The molecule has 2 aromatic rings. The molecule has 122 valence electrons. The van der Waals surface area contributed by atoms with Gasteiger partial charge in [-0.1, -0.05) is 22.7 Å². The lowest BCUT2D eigenvalue weighted by Crippen LogP contribution is -2.57. The Morgan fingerprint density at radius 3 is 2.83 bits per heavy atom. The Labute approximate surface area is 143 Å². The van der Waals surface area contributed by atoms with Crippen LogP contribution in [-0.4, -0.2) is 41.5 Å². The second kappa shape index (κ2) is 6.22. The Hall–Kier alpha value is -1.44. The summed E-state index contributed by atoms with van der Waals surface area (Å²) in [5.74, 6) is 0.650. The maximum Gasteiger partial charge on any atom is 0.279 e. The molecule has 23 heavy (non-hydrogen) atoms. The van der Waals surface area contributed by atoms with E-state index in [0.717, 1.165) is 11.4 Å². The predicted molar refractivity (Wildman–Crippen MR) is 91.7 cm³/mol. The fourth-order valence-corrected chi connectivity index (χ4v) is 4.76. The van der Waals surface area contributed by atoms with Crippen LogP contribution in [-0.2, 0) is 0 Å². The van der Waals surface area contributed by atoms with Gasteiger partial charge >= 0.3 is 0 Å². The highest BCUT2D eigenvalue weighted by Crippen LogP contribution is 2.32. The third kappa shape index (κ3) is 3.27. The molecule has 0 aromatic carbocycles. The molecule has 2 aromatic heterocycles. The lowest BCUT2D eigenvalue weighted by molar-refractivity contribution is 0.0622. The van der Waals surface area contributed by atoms with Gasteiger partial charge in [-0.05, 0) is 50.9 Å². The standard InChI is InChI=1S/C16H19N3O2S2/c1-10-8-17-16(22-10)21-14-3-2-13(23-14)15(20)18-12-9-19-6-4-11(12)5-7-19/h2-3,8,11-12H,4-7,9H2,1H3,(H,18,20). The van der Waals surface area contributed by atoms with Crippen molar-refractivity contribution < 1.29 is 9.53 Å². The average Bonchev–Trinajstić information content (AvgIpc) is 3.18. The number of piperidine rings is 3. The molecule has 0 radical (unpaired) electrons. The lowest BCUT2D eigenvalue weighted by Gasteiger charge is -2.44. The number of nitrogens with one attached hydrogen (secondary N) is 1. The molecule has 0 saturated carbocycles. The number of aromatic nitrogens is 1. The molecule has 5 rings (SSSR count). The zero-order valence-corrected chi connectivity index (χ0v) is 14.6.